The van der Waals surface area contributed by atoms with Gasteiger partial charge in [-0.1, -0.05) is 36.0 Å². The van der Waals surface area contributed by atoms with Gasteiger partial charge in [0.2, 0.25) is 0 Å². The maximum absolute atomic E-state index is 13.3. The zero-order valence-electron chi connectivity index (χ0n) is 25.9. The van der Waals surface area contributed by atoms with Crippen molar-refractivity contribution >= 4 is 39.4 Å². The van der Waals surface area contributed by atoms with E-state index in [1.165, 1.54) is 38.1 Å². The molecule has 13 heteroatoms. The van der Waals surface area contributed by atoms with Crippen LogP contribution in [0.25, 0.3) is 32.9 Å². The number of carbonyl (C=O) groups is 1. The molecular weight excluding hydrogens is 643 g/mol. The molecule has 6 aromatic rings. The first kappa shape index (κ1) is 32.6. The third-order valence-electron chi connectivity index (χ3n) is 7.70. The first-order valence-electron chi connectivity index (χ1n) is 14.9. The number of nitrogens with zero attached hydrogens (tertiary/aromatic N) is 3. The normalized spacial score (nSPS) is 11.6. The van der Waals surface area contributed by atoms with Crippen LogP contribution in [0.1, 0.15) is 28.9 Å². The van der Waals surface area contributed by atoms with Crippen LogP contribution in [0, 0.1) is 5.41 Å². The van der Waals surface area contributed by atoms with Gasteiger partial charge in [0.25, 0.3) is 0 Å². The number of Topliss-reactive ketones (excluding diaryl/α,β-unsaturated/α-hetero) is 1. The van der Waals surface area contributed by atoms with Gasteiger partial charge in [-0.05, 0) is 60.0 Å². The Morgan fingerprint density at radius 3 is 2.46 bits per heavy atom. The minimum atomic E-state index is -4.77. The van der Waals surface area contributed by atoms with Crippen molar-refractivity contribution in [1.82, 2.24) is 19.5 Å². The highest BCUT2D eigenvalue weighted by Crippen LogP contribution is 2.32. The Morgan fingerprint density at radius 1 is 0.979 bits per heavy atom. The molecule has 3 aromatic carbocycles. The predicted octanol–water partition coefficient (Wildman–Crippen LogP) is 7.93. The van der Waals surface area contributed by atoms with E-state index in [9.17, 15) is 18.0 Å². The fourth-order valence-corrected chi connectivity index (χ4v) is 6.33. The number of aromatic amines is 1. The molecule has 0 atom stereocenters. The van der Waals surface area contributed by atoms with Crippen LogP contribution in [0.4, 0.5) is 13.2 Å². The Bertz CT molecular complexity index is 2150. The number of hydrogen-bond acceptors (Lipinski definition) is 8. The Labute approximate surface area is 277 Å². The highest BCUT2D eigenvalue weighted by atomic mass is 32.2. The molecule has 3 aromatic heterocycles. The average Bonchev–Trinajstić information content (AvgIpc) is 3.52. The third-order valence-corrected chi connectivity index (χ3v) is 8.75. The second kappa shape index (κ2) is 13.8. The van der Waals surface area contributed by atoms with E-state index in [4.69, 9.17) is 19.9 Å². The molecule has 0 saturated heterocycles. The second-order valence-electron chi connectivity index (χ2n) is 10.9. The molecule has 0 unspecified atom stereocenters. The fourth-order valence-electron chi connectivity index (χ4n) is 5.34. The summed E-state index contributed by atoms with van der Waals surface area (Å²) in [5.74, 6) is 0.915. The summed E-state index contributed by atoms with van der Waals surface area (Å²) < 4.78 is 54.4. The van der Waals surface area contributed by atoms with Gasteiger partial charge >= 0.3 is 6.36 Å². The number of methoxy groups -OCH3 is 2. The molecule has 0 fully saturated rings. The number of nitrogens with one attached hydrogen (secondary N) is 2. The number of ether oxygens (including phenoxy) is 3. The maximum Gasteiger partial charge on any atom is 0.573 e. The SMILES string of the molecule is COc1cc2nc(SCc3ccc(OC(F)(F)F)cc3)n(CCCC(=O)c3cc4cc(-c5cccnc5)ccc4[nH]3)c(=N)c2cc1OC. The lowest BCUT2D eigenvalue weighted by Crippen LogP contribution is -2.24. The zero-order chi connectivity index (χ0) is 33.8. The minimum absolute atomic E-state index is 0.0585. The smallest absolute Gasteiger partial charge is 0.493 e. The van der Waals surface area contributed by atoms with Gasteiger partial charge in [0.15, 0.2) is 22.4 Å². The van der Waals surface area contributed by atoms with Gasteiger partial charge in [0.05, 0.1) is 25.4 Å². The first-order chi connectivity index (χ1) is 23.1. The van der Waals surface area contributed by atoms with Crippen LogP contribution in [-0.2, 0) is 12.3 Å². The summed E-state index contributed by atoms with van der Waals surface area (Å²) in [5.41, 5.74) is 4.78. The van der Waals surface area contributed by atoms with Crippen LogP contribution in [0.15, 0.2) is 90.3 Å². The largest absolute Gasteiger partial charge is 0.573 e. The minimum Gasteiger partial charge on any atom is -0.493 e. The molecule has 9 nitrogen and oxygen atoms in total. The molecule has 6 rings (SSSR count). The molecule has 246 valence electrons. The number of aromatic nitrogens is 4. The summed E-state index contributed by atoms with van der Waals surface area (Å²) in [6.45, 7) is 0.327. The third kappa shape index (κ3) is 7.31. The summed E-state index contributed by atoms with van der Waals surface area (Å²) in [6, 6.07) is 20.7. The van der Waals surface area contributed by atoms with Gasteiger partial charge in [-0.25, -0.2) is 4.98 Å². The van der Waals surface area contributed by atoms with Gasteiger partial charge in [-0.2, -0.15) is 0 Å². The molecule has 0 bridgehead atoms. The van der Waals surface area contributed by atoms with E-state index in [0.29, 0.717) is 52.0 Å². The Hall–Kier alpha value is -5.30. The summed E-state index contributed by atoms with van der Waals surface area (Å²) in [4.78, 5) is 25.5. The van der Waals surface area contributed by atoms with Crippen LogP contribution >= 0.6 is 11.8 Å². The Balaban J connectivity index is 1.22. The molecule has 0 aliphatic carbocycles. The maximum atomic E-state index is 13.3. The monoisotopic (exact) mass is 673 g/mol. The average molecular weight is 674 g/mol. The number of ketones is 1. The molecule has 0 spiro atoms. The van der Waals surface area contributed by atoms with E-state index in [2.05, 4.69) is 14.7 Å². The summed E-state index contributed by atoms with van der Waals surface area (Å²) in [5, 5.41) is 11.1. The van der Waals surface area contributed by atoms with Crippen molar-refractivity contribution in [3.63, 3.8) is 0 Å². The lowest BCUT2D eigenvalue weighted by atomic mass is 10.1. The summed E-state index contributed by atoms with van der Waals surface area (Å²) >= 11 is 1.33. The summed E-state index contributed by atoms with van der Waals surface area (Å²) in [7, 11) is 3.03. The molecule has 3 heterocycles. The molecular formula is C35H30F3N5O4S. The number of H-pyrrole nitrogens is 1. The van der Waals surface area contributed by atoms with Crippen LogP contribution < -0.4 is 19.7 Å². The number of rotatable bonds is 12. The number of hydrogen-bond donors (Lipinski definition) is 2. The lowest BCUT2D eigenvalue weighted by Gasteiger charge is -2.16. The van der Waals surface area contributed by atoms with Gasteiger partial charge in [0, 0.05) is 59.0 Å². The highest BCUT2D eigenvalue weighted by molar-refractivity contribution is 7.98. The number of halogens is 3. The standard InChI is InChI=1S/C35H30F3N5O4S/c1-45-31-17-26-28(18-32(31)46-2)42-34(48-20-21-7-10-25(11-8-21)47-35(36,37)38)43(33(26)39)14-4-6-30(44)29-16-24-15-22(9-12-27(24)41-29)23-5-3-13-40-19-23/h3,5,7-13,15-19,39,41H,4,6,14,20H2,1-2H3. The predicted molar refractivity (Wildman–Crippen MR) is 176 cm³/mol. The number of benzene rings is 3. The van der Waals surface area contributed by atoms with Crippen LogP contribution in [0.3, 0.4) is 0 Å². The number of fused-ring (bicyclic) bond motifs is 2. The van der Waals surface area contributed by atoms with Crippen molar-refractivity contribution in [2.75, 3.05) is 14.2 Å². The van der Waals surface area contributed by atoms with Crippen LogP contribution in [0.2, 0.25) is 0 Å². The van der Waals surface area contributed by atoms with Crippen molar-refractivity contribution in [2.45, 2.75) is 36.7 Å². The van der Waals surface area contributed by atoms with Gasteiger partial charge in [0.1, 0.15) is 11.2 Å². The Kier molecular flexibility index (Phi) is 9.40. The molecule has 2 N–H and O–H groups in total. The van der Waals surface area contributed by atoms with Crippen molar-refractivity contribution < 1.29 is 32.2 Å². The fraction of sp³-hybridized carbons (Fsp3) is 0.200. The molecule has 0 amide bonds. The molecule has 0 aliphatic rings. The van der Waals surface area contributed by atoms with Crippen molar-refractivity contribution in [1.29, 1.82) is 5.41 Å². The van der Waals surface area contributed by atoms with Crippen molar-refractivity contribution in [3.05, 3.63) is 102 Å². The quantitative estimate of drug-likeness (QED) is 0.0770. The van der Waals surface area contributed by atoms with E-state index in [1.54, 1.807) is 41.2 Å². The van der Waals surface area contributed by atoms with Crippen molar-refractivity contribution in [3.8, 4) is 28.4 Å². The molecule has 48 heavy (non-hydrogen) atoms. The van der Waals surface area contributed by atoms with E-state index in [-0.39, 0.29) is 23.4 Å². The first-order valence-corrected chi connectivity index (χ1v) is 15.9. The molecule has 0 aliphatic heterocycles. The van der Waals surface area contributed by atoms with E-state index in [0.717, 1.165) is 27.6 Å². The van der Waals surface area contributed by atoms with Gasteiger partial charge < -0.3 is 23.8 Å². The number of pyridine rings is 1. The van der Waals surface area contributed by atoms with E-state index in [1.807, 2.05) is 36.4 Å². The molecule has 0 radical (unpaired) electrons. The number of thioether (sulfide) groups is 1. The van der Waals surface area contributed by atoms with Crippen LogP contribution in [0.5, 0.6) is 17.2 Å². The summed E-state index contributed by atoms with van der Waals surface area (Å²) in [6.07, 6.45) is -0.598. The Morgan fingerprint density at radius 2 is 1.75 bits per heavy atom. The second-order valence-corrected chi connectivity index (χ2v) is 11.8. The zero-order valence-corrected chi connectivity index (χ0v) is 26.7. The van der Waals surface area contributed by atoms with Crippen molar-refractivity contribution in [2.24, 2.45) is 0 Å². The topological polar surface area (TPSA) is 115 Å². The van der Waals surface area contributed by atoms with Gasteiger partial charge in [-0.15, -0.1) is 13.2 Å². The molecule has 0 saturated carbocycles. The lowest BCUT2D eigenvalue weighted by molar-refractivity contribution is -0.274. The number of carbonyl (C=O) groups excluding carboxylic acids is 1. The highest BCUT2D eigenvalue weighted by Gasteiger charge is 2.31. The van der Waals surface area contributed by atoms with E-state index < -0.39 is 6.36 Å². The van der Waals surface area contributed by atoms with E-state index >= 15 is 0 Å². The van der Waals surface area contributed by atoms with Gasteiger partial charge in [-0.3, -0.25) is 15.2 Å². The number of alkyl halides is 3. The van der Waals surface area contributed by atoms with Crippen LogP contribution in [-0.4, -0.2) is 45.9 Å².